The normalized spacial score (nSPS) is 31.6. The highest BCUT2D eigenvalue weighted by Crippen LogP contribution is 2.39. The van der Waals surface area contributed by atoms with Gasteiger partial charge in [-0.1, -0.05) is 44.2 Å². The van der Waals surface area contributed by atoms with Crippen molar-refractivity contribution in [1.29, 1.82) is 0 Å². The zero-order chi connectivity index (χ0) is 13.9. The van der Waals surface area contributed by atoms with Crippen molar-refractivity contribution in [3.8, 4) is 0 Å². The van der Waals surface area contributed by atoms with Crippen LogP contribution in [0.2, 0.25) is 0 Å². The molecule has 3 unspecified atom stereocenters. The summed E-state index contributed by atoms with van der Waals surface area (Å²) < 4.78 is 0. The van der Waals surface area contributed by atoms with E-state index in [9.17, 15) is 0 Å². The second kappa shape index (κ2) is 6.06. The van der Waals surface area contributed by atoms with Crippen LogP contribution in [0.25, 0.3) is 0 Å². The van der Waals surface area contributed by atoms with Gasteiger partial charge in [-0.2, -0.15) is 0 Å². The van der Waals surface area contributed by atoms with E-state index in [2.05, 4.69) is 56.1 Å². The number of nitrogens with two attached hydrogens (primary N) is 1. The molecule has 2 heteroatoms. The molecule has 0 saturated heterocycles. The lowest BCUT2D eigenvalue weighted by molar-refractivity contribution is 0.0349. The van der Waals surface area contributed by atoms with Gasteiger partial charge in [0.05, 0.1) is 0 Å². The van der Waals surface area contributed by atoms with Gasteiger partial charge in [-0.05, 0) is 43.7 Å². The third-order valence-corrected chi connectivity index (χ3v) is 5.19. The molecule has 1 aromatic carbocycles. The highest BCUT2D eigenvalue weighted by Gasteiger charge is 2.39. The first-order chi connectivity index (χ1) is 9.07. The van der Waals surface area contributed by atoms with E-state index in [0.29, 0.717) is 0 Å². The van der Waals surface area contributed by atoms with Crippen LogP contribution in [0, 0.1) is 11.8 Å². The van der Waals surface area contributed by atoms with E-state index in [-0.39, 0.29) is 5.54 Å². The summed E-state index contributed by atoms with van der Waals surface area (Å²) in [4.78, 5) is 2.49. The number of nitrogens with zero attached hydrogens (tertiary/aromatic N) is 1. The van der Waals surface area contributed by atoms with E-state index >= 15 is 0 Å². The Bertz CT molecular complexity index is 390. The summed E-state index contributed by atoms with van der Waals surface area (Å²) in [6.45, 7) is 6.53. The summed E-state index contributed by atoms with van der Waals surface area (Å²) in [6.07, 6.45) is 3.77. The summed E-state index contributed by atoms with van der Waals surface area (Å²) in [5.74, 6) is 1.61. The van der Waals surface area contributed by atoms with E-state index in [0.717, 1.165) is 24.9 Å². The van der Waals surface area contributed by atoms with Crippen LogP contribution in [-0.4, -0.2) is 24.0 Å². The quantitative estimate of drug-likeness (QED) is 0.900. The highest BCUT2D eigenvalue weighted by atomic mass is 15.2. The number of hydrogen-bond donors (Lipinski definition) is 1. The van der Waals surface area contributed by atoms with Crippen molar-refractivity contribution < 1.29 is 0 Å². The van der Waals surface area contributed by atoms with Crippen molar-refractivity contribution in [3.63, 3.8) is 0 Å². The summed E-state index contributed by atoms with van der Waals surface area (Å²) in [6, 6.07) is 10.7. The summed E-state index contributed by atoms with van der Waals surface area (Å²) in [5, 5.41) is 0. The van der Waals surface area contributed by atoms with Gasteiger partial charge in [0.1, 0.15) is 0 Å². The molecule has 0 aliphatic heterocycles. The molecule has 0 aromatic heterocycles. The fraction of sp³-hybridized carbons (Fsp3) is 0.647. The molecule has 1 fully saturated rings. The number of likely N-dealkylation sites (N-methyl/N-ethyl adjacent to an activating group) is 1. The molecule has 19 heavy (non-hydrogen) atoms. The molecule has 0 spiro atoms. The number of hydrogen-bond acceptors (Lipinski definition) is 2. The maximum atomic E-state index is 6.16. The molecule has 2 rings (SSSR count). The van der Waals surface area contributed by atoms with Crippen LogP contribution in [0.1, 0.15) is 38.7 Å². The van der Waals surface area contributed by atoms with E-state index in [1.165, 1.54) is 24.8 Å². The lowest BCUT2D eigenvalue weighted by atomic mass is 9.70. The van der Waals surface area contributed by atoms with Crippen LogP contribution in [0.3, 0.4) is 0 Å². The van der Waals surface area contributed by atoms with Crippen LogP contribution in [0.4, 0.5) is 0 Å². The predicted octanol–water partition coefficient (Wildman–Crippen LogP) is 3.27. The first-order valence-corrected chi connectivity index (χ1v) is 7.52. The highest BCUT2D eigenvalue weighted by molar-refractivity contribution is 5.15. The molecular weight excluding hydrogens is 232 g/mol. The fourth-order valence-electron chi connectivity index (χ4n) is 3.40. The Morgan fingerprint density at radius 1 is 1.21 bits per heavy atom. The molecule has 1 aliphatic carbocycles. The molecule has 2 nitrogen and oxygen atoms in total. The smallest absolute Gasteiger partial charge is 0.0334 e. The van der Waals surface area contributed by atoms with Gasteiger partial charge in [-0.15, -0.1) is 0 Å². The van der Waals surface area contributed by atoms with Gasteiger partial charge in [0, 0.05) is 18.6 Å². The maximum absolute atomic E-state index is 6.16. The van der Waals surface area contributed by atoms with Gasteiger partial charge in [0.2, 0.25) is 0 Å². The van der Waals surface area contributed by atoms with Crippen LogP contribution < -0.4 is 5.73 Å². The molecule has 3 atom stereocenters. The van der Waals surface area contributed by atoms with Crippen molar-refractivity contribution in [2.24, 2.45) is 17.6 Å². The van der Waals surface area contributed by atoms with Gasteiger partial charge < -0.3 is 5.73 Å². The molecule has 0 bridgehead atoms. The lowest BCUT2D eigenvalue weighted by Gasteiger charge is -2.48. The summed E-state index contributed by atoms with van der Waals surface area (Å²) in [5.41, 5.74) is 7.73. The molecule has 1 aromatic rings. The van der Waals surface area contributed by atoms with Crippen molar-refractivity contribution in [2.75, 3.05) is 13.6 Å². The maximum Gasteiger partial charge on any atom is 0.0334 e. The number of benzene rings is 1. The van der Waals surface area contributed by atoms with Crippen LogP contribution in [0.5, 0.6) is 0 Å². The standard InChI is InChI=1S/C17H28N2/c1-14-9-10-17(13-18,11-15(14)2)19(3)12-16-7-5-4-6-8-16/h4-8,14-15H,9-13,18H2,1-3H3. The van der Waals surface area contributed by atoms with E-state index < -0.39 is 0 Å². The zero-order valence-corrected chi connectivity index (χ0v) is 12.6. The Kier molecular flexibility index (Phi) is 4.64. The second-order valence-corrected chi connectivity index (χ2v) is 6.47. The van der Waals surface area contributed by atoms with Crippen molar-refractivity contribution in [1.82, 2.24) is 4.90 Å². The van der Waals surface area contributed by atoms with Crippen LogP contribution in [0.15, 0.2) is 30.3 Å². The molecule has 106 valence electrons. The van der Waals surface area contributed by atoms with E-state index in [4.69, 9.17) is 5.73 Å². The fourth-order valence-corrected chi connectivity index (χ4v) is 3.40. The Labute approximate surface area is 118 Å². The van der Waals surface area contributed by atoms with Gasteiger partial charge in [-0.25, -0.2) is 0 Å². The lowest BCUT2D eigenvalue weighted by Crippen LogP contribution is -2.55. The molecular formula is C17H28N2. The first-order valence-electron chi connectivity index (χ1n) is 7.52. The molecule has 2 N–H and O–H groups in total. The Hall–Kier alpha value is -0.860. The zero-order valence-electron chi connectivity index (χ0n) is 12.6. The van der Waals surface area contributed by atoms with E-state index in [1.807, 2.05) is 0 Å². The van der Waals surface area contributed by atoms with Crippen LogP contribution >= 0.6 is 0 Å². The molecule has 1 saturated carbocycles. The van der Waals surface area contributed by atoms with E-state index in [1.54, 1.807) is 0 Å². The minimum Gasteiger partial charge on any atom is -0.329 e. The minimum atomic E-state index is 0.196. The van der Waals surface area contributed by atoms with Gasteiger partial charge in [0.15, 0.2) is 0 Å². The molecule has 0 amide bonds. The van der Waals surface area contributed by atoms with Gasteiger partial charge >= 0.3 is 0 Å². The van der Waals surface area contributed by atoms with Crippen molar-refractivity contribution in [2.45, 2.75) is 45.2 Å². The van der Waals surface area contributed by atoms with Crippen molar-refractivity contribution in [3.05, 3.63) is 35.9 Å². The average molecular weight is 260 g/mol. The monoisotopic (exact) mass is 260 g/mol. The third kappa shape index (κ3) is 3.18. The Morgan fingerprint density at radius 2 is 1.89 bits per heavy atom. The molecule has 0 radical (unpaired) electrons. The Morgan fingerprint density at radius 3 is 2.47 bits per heavy atom. The van der Waals surface area contributed by atoms with Gasteiger partial charge in [-0.3, -0.25) is 4.90 Å². The predicted molar refractivity (Wildman–Crippen MR) is 81.9 cm³/mol. The largest absolute Gasteiger partial charge is 0.329 e. The Balaban J connectivity index is 2.08. The van der Waals surface area contributed by atoms with Crippen LogP contribution in [-0.2, 0) is 6.54 Å². The number of rotatable bonds is 4. The minimum absolute atomic E-state index is 0.196. The SMILES string of the molecule is CC1CCC(CN)(N(C)Cc2ccccc2)CC1C. The van der Waals surface area contributed by atoms with Gasteiger partial charge in [0.25, 0.3) is 0 Å². The first kappa shape index (κ1) is 14.5. The second-order valence-electron chi connectivity index (χ2n) is 6.47. The topological polar surface area (TPSA) is 29.3 Å². The molecule has 0 heterocycles. The average Bonchev–Trinajstić information content (AvgIpc) is 2.43. The third-order valence-electron chi connectivity index (χ3n) is 5.19. The summed E-state index contributed by atoms with van der Waals surface area (Å²) >= 11 is 0. The summed E-state index contributed by atoms with van der Waals surface area (Å²) in [7, 11) is 2.24. The molecule has 1 aliphatic rings. The van der Waals surface area contributed by atoms with Crippen molar-refractivity contribution >= 4 is 0 Å².